The Morgan fingerprint density at radius 2 is 2.04 bits per heavy atom. The lowest BCUT2D eigenvalue weighted by molar-refractivity contribution is -0.139. The van der Waals surface area contributed by atoms with Gasteiger partial charge in [-0.25, -0.2) is 9.59 Å². The monoisotopic (exact) mass is 335 g/mol. The van der Waals surface area contributed by atoms with Crippen LogP contribution in [0.5, 0.6) is 0 Å². The van der Waals surface area contributed by atoms with Crippen molar-refractivity contribution in [2.75, 3.05) is 11.5 Å². The lowest BCUT2D eigenvalue weighted by atomic mass is 10.2. The van der Waals surface area contributed by atoms with Crippen LogP contribution in [0.3, 0.4) is 0 Å². The Labute approximate surface area is 140 Å². The van der Waals surface area contributed by atoms with Crippen LogP contribution in [-0.4, -0.2) is 34.7 Å². The van der Waals surface area contributed by atoms with Crippen molar-refractivity contribution in [1.82, 2.24) is 5.32 Å². The summed E-state index contributed by atoms with van der Waals surface area (Å²) in [5, 5.41) is 11.5. The van der Waals surface area contributed by atoms with E-state index in [9.17, 15) is 9.59 Å². The lowest BCUT2D eigenvalue weighted by Crippen LogP contribution is -2.41. The molecule has 1 atom stereocenters. The highest BCUT2D eigenvalue weighted by Gasteiger charge is 2.20. The number of benzene rings is 1. The van der Waals surface area contributed by atoms with Gasteiger partial charge in [0.05, 0.1) is 0 Å². The van der Waals surface area contributed by atoms with E-state index in [-0.39, 0.29) is 6.61 Å². The van der Waals surface area contributed by atoms with E-state index in [1.54, 1.807) is 18.7 Å². The van der Waals surface area contributed by atoms with Gasteiger partial charge in [-0.05, 0) is 24.7 Å². The minimum absolute atomic E-state index is 0.115. The van der Waals surface area contributed by atoms with Crippen LogP contribution in [-0.2, 0) is 16.1 Å². The van der Waals surface area contributed by atoms with Crippen molar-refractivity contribution in [3.8, 4) is 11.8 Å². The summed E-state index contributed by atoms with van der Waals surface area (Å²) in [5.74, 6) is 6.19. The van der Waals surface area contributed by atoms with Gasteiger partial charge in [0.1, 0.15) is 12.6 Å². The predicted octanol–water partition coefficient (Wildman–Crippen LogP) is 2.90. The molecule has 0 saturated heterocycles. The maximum Gasteiger partial charge on any atom is 0.408 e. The second kappa shape index (κ2) is 11.4. The van der Waals surface area contributed by atoms with Crippen LogP contribution in [0.15, 0.2) is 30.3 Å². The molecule has 0 aliphatic rings. The number of hydrogen-bond donors (Lipinski definition) is 2. The van der Waals surface area contributed by atoms with Gasteiger partial charge in [0.15, 0.2) is 0 Å². The third-order valence-electron chi connectivity index (χ3n) is 2.90. The average molecular weight is 335 g/mol. The van der Waals surface area contributed by atoms with Crippen LogP contribution in [0.2, 0.25) is 0 Å². The Kier molecular flexibility index (Phi) is 9.41. The molecule has 0 fully saturated rings. The maximum atomic E-state index is 11.7. The number of ether oxygens (including phenoxy) is 1. The van der Waals surface area contributed by atoms with Crippen molar-refractivity contribution in [2.24, 2.45) is 0 Å². The molecule has 6 heteroatoms. The number of carboxylic acid groups (broad SMARTS) is 1. The Hall–Kier alpha value is -2.13. The smallest absolute Gasteiger partial charge is 0.408 e. The fourth-order valence-corrected chi connectivity index (χ4v) is 2.57. The molecule has 0 saturated carbocycles. The van der Waals surface area contributed by atoms with Gasteiger partial charge in [-0.3, -0.25) is 0 Å². The largest absolute Gasteiger partial charge is 0.480 e. The fourth-order valence-electron chi connectivity index (χ4n) is 1.72. The molecule has 0 radical (unpaired) electrons. The van der Waals surface area contributed by atoms with E-state index in [1.807, 2.05) is 30.3 Å². The first-order chi connectivity index (χ1) is 11.1. The second-order valence-corrected chi connectivity index (χ2v) is 5.90. The van der Waals surface area contributed by atoms with Gasteiger partial charge in [0, 0.05) is 12.2 Å². The molecule has 0 heterocycles. The number of aliphatic carboxylic acids is 1. The number of alkyl carbamates (subject to hydrolysis) is 1. The first kappa shape index (κ1) is 18.9. The number of thioether (sulfide) groups is 1. The number of carbonyl (C=O) groups is 2. The van der Waals surface area contributed by atoms with Gasteiger partial charge in [-0.1, -0.05) is 30.3 Å². The van der Waals surface area contributed by atoms with Crippen LogP contribution in [0.1, 0.15) is 25.3 Å². The molecule has 124 valence electrons. The zero-order valence-corrected chi connectivity index (χ0v) is 13.9. The lowest BCUT2D eigenvalue weighted by Gasteiger charge is -2.14. The SMILES string of the molecule is CC#CCCSCCC(NC(=O)OCc1ccccc1)C(=O)O. The van der Waals surface area contributed by atoms with Crippen molar-refractivity contribution < 1.29 is 19.4 Å². The number of rotatable bonds is 9. The third kappa shape index (κ3) is 8.79. The van der Waals surface area contributed by atoms with Gasteiger partial charge < -0.3 is 15.2 Å². The van der Waals surface area contributed by atoms with Crippen molar-refractivity contribution in [1.29, 1.82) is 0 Å². The summed E-state index contributed by atoms with van der Waals surface area (Å²) in [7, 11) is 0. The molecule has 0 aliphatic heterocycles. The molecule has 1 aromatic carbocycles. The van der Waals surface area contributed by atoms with Crippen LogP contribution in [0.25, 0.3) is 0 Å². The van der Waals surface area contributed by atoms with Crippen molar-refractivity contribution in [3.05, 3.63) is 35.9 Å². The molecule has 1 amide bonds. The molecular weight excluding hydrogens is 314 g/mol. The summed E-state index contributed by atoms with van der Waals surface area (Å²) < 4.78 is 5.03. The number of carbonyl (C=O) groups excluding carboxylic acids is 1. The van der Waals surface area contributed by atoms with Crippen LogP contribution in [0.4, 0.5) is 4.79 Å². The van der Waals surface area contributed by atoms with Crippen molar-refractivity contribution >= 4 is 23.8 Å². The highest BCUT2D eigenvalue weighted by atomic mass is 32.2. The number of amides is 1. The standard InChI is InChI=1S/C17H21NO4S/c1-2-3-7-11-23-12-10-15(16(19)20)18-17(21)22-13-14-8-5-4-6-9-14/h4-6,8-9,15H,7,10-13H2,1H3,(H,18,21)(H,19,20). The van der Waals surface area contributed by atoms with E-state index in [4.69, 9.17) is 9.84 Å². The second-order valence-electron chi connectivity index (χ2n) is 4.67. The van der Waals surface area contributed by atoms with Gasteiger partial charge in [-0.15, -0.1) is 11.8 Å². The number of carboxylic acids is 1. The average Bonchev–Trinajstić information content (AvgIpc) is 2.55. The highest BCUT2D eigenvalue weighted by molar-refractivity contribution is 7.99. The first-order valence-electron chi connectivity index (χ1n) is 7.31. The number of hydrogen-bond acceptors (Lipinski definition) is 4. The minimum atomic E-state index is -1.06. The summed E-state index contributed by atoms with van der Waals surface area (Å²) in [4.78, 5) is 22.9. The van der Waals surface area contributed by atoms with Crippen molar-refractivity contribution in [2.45, 2.75) is 32.4 Å². The molecule has 0 spiro atoms. The molecule has 0 bridgehead atoms. The summed E-state index contributed by atoms with van der Waals surface area (Å²) in [6.07, 6.45) is 0.411. The van der Waals surface area contributed by atoms with E-state index < -0.39 is 18.1 Å². The van der Waals surface area contributed by atoms with Crippen LogP contribution < -0.4 is 5.32 Å². The number of nitrogens with one attached hydrogen (secondary N) is 1. The molecule has 1 aromatic rings. The molecule has 23 heavy (non-hydrogen) atoms. The fraction of sp³-hybridized carbons (Fsp3) is 0.412. The van der Waals surface area contributed by atoms with Gasteiger partial charge >= 0.3 is 12.1 Å². The molecule has 2 N–H and O–H groups in total. The van der Waals surface area contributed by atoms with Crippen LogP contribution >= 0.6 is 11.8 Å². The first-order valence-corrected chi connectivity index (χ1v) is 8.46. The molecule has 5 nitrogen and oxygen atoms in total. The zero-order chi connectivity index (χ0) is 16.9. The molecule has 0 aromatic heterocycles. The highest BCUT2D eigenvalue weighted by Crippen LogP contribution is 2.07. The summed E-state index contributed by atoms with van der Waals surface area (Å²) in [6.45, 7) is 1.90. The Morgan fingerprint density at radius 3 is 2.70 bits per heavy atom. The summed E-state index contributed by atoms with van der Waals surface area (Å²) >= 11 is 1.62. The molecular formula is C17H21NO4S. The normalized spacial score (nSPS) is 11.0. The summed E-state index contributed by atoms with van der Waals surface area (Å²) in [6, 6.07) is 8.28. The van der Waals surface area contributed by atoms with Gasteiger partial charge in [0.2, 0.25) is 0 Å². The van der Waals surface area contributed by atoms with E-state index in [0.29, 0.717) is 12.2 Å². The van der Waals surface area contributed by atoms with Crippen molar-refractivity contribution in [3.63, 3.8) is 0 Å². The third-order valence-corrected chi connectivity index (χ3v) is 3.92. The molecule has 0 aliphatic carbocycles. The van der Waals surface area contributed by atoms with Crippen LogP contribution in [0, 0.1) is 11.8 Å². The van der Waals surface area contributed by atoms with E-state index in [1.165, 1.54) is 0 Å². The Balaban J connectivity index is 2.29. The summed E-state index contributed by atoms with van der Waals surface area (Å²) in [5.41, 5.74) is 0.849. The van der Waals surface area contributed by atoms with E-state index >= 15 is 0 Å². The maximum absolute atomic E-state index is 11.7. The quantitative estimate of drug-likeness (QED) is 0.536. The minimum Gasteiger partial charge on any atom is -0.480 e. The van der Waals surface area contributed by atoms with E-state index in [2.05, 4.69) is 17.2 Å². The van der Waals surface area contributed by atoms with E-state index in [0.717, 1.165) is 17.7 Å². The Morgan fingerprint density at radius 1 is 1.30 bits per heavy atom. The Bertz CT molecular complexity index is 551. The van der Waals surface area contributed by atoms with Gasteiger partial charge in [0.25, 0.3) is 0 Å². The topological polar surface area (TPSA) is 75.6 Å². The molecule has 1 unspecified atom stereocenters. The predicted molar refractivity (Wildman–Crippen MR) is 91.2 cm³/mol. The zero-order valence-electron chi connectivity index (χ0n) is 13.1. The van der Waals surface area contributed by atoms with Gasteiger partial charge in [-0.2, -0.15) is 11.8 Å². The molecule has 1 rings (SSSR count).